The zero-order valence-electron chi connectivity index (χ0n) is 12.5. The summed E-state index contributed by atoms with van der Waals surface area (Å²) >= 11 is 0. The van der Waals surface area contributed by atoms with Gasteiger partial charge in [0.25, 0.3) is 0 Å². The Labute approximate surface area is 123 Å². The molecular weight excluding hydrogens is 275 g/mol. The number of hydrogen-bond donors (Lipinski definition) is 2. The Morgan fingerprint density at radius 3 is 2.86 bits per heavy atom. The van der Waals surface area contributed by atoms with Crippen molar-refractivity contribution < 1.29 is 18.7 Å². The van der Waals surface area contributed by atoms with E-state index in [2.05, 4.69) is 10.6 Å². The predicted octanol–water partition coefficient (Wildman–Crippen LogP) is 2.39. The van der Waals surface area contributed by atoms with E-state index in [0.29, 0.717) is 18.0 Å². The van der Waals surface area contributed by atoms with Crippen LogP contribution in [0, 0.1) is 5.82 Å². The van der Waals surface area contributed by atoms with Crippen LogP contribution in [0.2, 0.25) is 0 Å². The van der Waals surface area contributed by atoms with Gasteiger partial charge in [-0.15, -0.1) is 0 Å². The lowest BCUT2D eigenvalue weighted by Crippen LogP contribution is -2.56. The van der Waals surface area contributed by atoms with Crippen LogP contribution in [-0.4, -0.2) is 37.9 Å². The molecule has 0 aliphatic heterocycles. The highest BCUT2D eigenvalue weighted by Gasteiger charge is 2.42. The van der Waals surface area contributed by atoms with Gasteiger partial charge in [0.1, 0.15) is 11.9 Å². The zero-order valence-corrected chi connectivity index (χ0v) is 12.5. The molecule has 1 aromatic carbocycles. The summed E-state index contributed by atoms with van der Waals surface area (Å²) in [4.78, 5) is 11.1. The van der Waals surface area contributed by atoms with Gasteiger partial charge in [-0.3, -0.25) is 4.79 Å². The van der Waals surface area contributed by atoms with E-state index >= 15 is 0 Å². The van der Waals surface area contributed by atoms with Gasteiger partial charge in [-0.05, 0) is 31.5 Å². The smallest absolute Gasteiger partial charge is 0.221 e. The molecule has 1 saturated carbocycles. The molecule has 0 aromatic heterocycles. The predicted molar refractivity (Wildman–Crippen MR) is 78.9 cm³/mol. The number of halogens is 1. The number of rotatable bonds is 6. The molecule has 6 heteroatoms. The van der Waals surface area contributed by atoms with Gasteiger partial charge in [0.05, 0.1) is 17.8 Å². The van der Waals surface area contributed by atoms with Crippen LogP contribution in [0.3, 0.4) is 0 Å². The van der Waals surface area contributed by atoms with Crippen LogP contribution in [0.5, 0.6) is 0 Å². The van der Waals surface area contributed by atoms with E-state index in [1.807, 2.05) is 6.92 Å². The summed E-state index contributed by atoms with van der Waals surface area (Å²) in [6.45, 7) is 3.98. The van der Waals surface area contributed by atoms with Crippen molar-refractivity contribution in [3.8, 4) is 0 Å². The molecule has 2 rings (SSSR count). The van der Waals surface area contributed by atoms with Crippen molar-refractivity contribution in [2.75, 3.05) is 24.4 Å². The number of carbonyl (C=O) groups is 1. The Bertz CT molecular complexity index is 510. The Morgan fingerprint density at radius 1 is 1.48 bits per heavy atom. The molecule has 116 valence electrons. The Hall–Kier alpha value is -1.66. The topological polar surface area (TPSA) is 59.6 Å². The molecule has 0 radical (unpaired) electrons. The van der Waals surface area contributed by atoms with Crippen LogP contribution in [0.25, 0.3) is 0 Å². The van der Waals surface area contributed by atoms with Crippen molar-refractivity contribution in [2.24, 2.45) is 0 Å². The second-order valence-corrected chi connectivity index (χ2v) is 5.06. The van der Waals surface area contributed by atoms with E-state index in [0.717, 1.165) is 6.42 Å². The van der Waals surface area contributed by atoms with Gasteiger partial charge in [0.15, 0.2) is 0 Å². The standard InChI is InChI=1S/C15H21FN2O3/c1-4-21-14-8-13(15(14)20-3)18-12-7-10(17-9(2)19)5-6-11(12)16/h5-7,13-15,18H,4,8H2,1-3H3,(H,17,19). The van der Waals surface area contributed by atoms with Gasteiger partial charge in [-0.25, -0.2) is 4.39 Å². The fourth-order valence-electron chi connectivity index (χ4n) is 2.53. The largest absolute Gasteiger partial charge is 0.377 e. The van der Waals surface area contributed by atoms with Crippen molar-refractivity contribution in [3.05, 3.63) is 24.0 Å². The number of ether oxygens (including phenoxy) is 2. The van der Waals surface area contributed by atoms with Crippen molar-refractivity contribution in [1.82, 2.24) is 0 Å². The van der Waals surface area contributed by atoms with Gasteiger partial charge in [0.2, 0.25) is 5.91 Å². The van der Waals surface area contributed by atoms with Crippen LogP contribution in [0.1, 0.15) is 20.3 Å². The SMILES string of the molecule is CCOC1CC(Nc2cc(NC(C)=O)ccc2F)C1OC. The number of nitrogens with one attached hydrogen (secondary N) is 2. The number of amides is 1. The maximum Gasteiger partial charge on any atom is 0.221 e. The highest BCUT2D eigenvalue weighted by Crippen LogP contribution is 2.31. The maximum absolute atomic E-state index is 13.9. The summed E-state index contributed by atoms with van der Waals surface area (Å²) in [6.07, 6.45) is 0.698. The lowest BCUT2D eigenvalue weighted by atomic mass is 9.85. The molecule has 0 spiro atoms. The van der Waals surface area contributed by atoms with E-state index in [1.54, 1.807) is 13.2 Å². The van der Waals surface area contributed by atoms with Gasteiger partial charge in [-0.1, -0.05) is 0 Å². The number of carbonyl (C=O) groups excluding carboxylic acids is 1. The van der Waals surface area contributed by atoms with Crippen molar-refractivity contribution in [1.29, 1.82) is 0 Å². The average Bonchev–Trinajstić information content (AvgIpc) is 2.40. The molecule has 0 saturated heterocycles. The fraction of sp³-hybridized carbons (Fsp3) is 0.533. The minimum atomic E-state index is -0.362. The third-order valence-corrected chi connectivity index (χ3v) is 3.53. The molecule has 1 fully saturated rings. The highest BCUT2D eigenvalue weighted by atomic mass is 19.1. The molecule has 3 atom stereocenters. The van der Waals surface area contributed by atoms with E-state index in [4.69, 9.17) is 9.47 Å². The molecule has 1 amide bonds. The van der Waals surface area contributed by atoms with Gasteiger partial charge < -0.3 is 20.1 Å². The average molecular weight is 296 g/mol. The first-order valence-electron chi connectivity index (χ1n) is 7.03. The molecule has 1 aliphatic rings. The third kappa shape index (κ3) is 3.71. The summed E-state index contributed by atoms with van der Waals surface area (Å²) < 4.78 is 24.8. The second kappa shape index (κ2) is 6.87. The first-order chi connectivity index (χ1) is 10.0. The number of benzene rings is 1. The normalized spacial score (nSPS) is 24.3. The molecule has 21 heavy (non-hydrogen) atoms. The van der Waals surface area contributed by atoms with Gasteiger partial charge >= 0.3 is 0 Å². The van der Waals surface area contributed by atoms with Crippen LogP contribution >= 0.6 is 0 Å². The summed E-state index contributed by atoms with van der Waals surface area (Å²) in [5.41, 5.74) is 0.907. The molecule has 0 heterocycles. The quantitative estimate of drug-likeness (QED) is 0.846. The number of methoxy groups -OCH3 is 1. The Kier molecular flexibility index (Phi) is 5.14. The van der Waals surface area contributed by atoms with Crippen LogP contribution in [0.15, 0.2) is 18.2 Å². The van der Waals surface area contributed by atoms with Crippen LogP contribution < -0.4 is 10.6 Å². The first kappa shape index (κ1) is 15.7. The minimum absolute atomic E-state index is 0.00590. The number of anilines is 2. The molecule has 1 aromatic rings. The lowest BCUT2D eigenvalue weighted by molar-refractivity contribution is -0.118. The van der Waals surface area contributed by atoms with Gasteiger partial charge in [-0.2, -0.15) is 0 Å². The zero-order chi connectivity index (χ0) is 15.4. The second-order valence-electron chi connectivity index (χ2n) is 5.06. The number of hydrogen-bond acceptors (Lipinski definition) is 4. The van der Waals surface area contributed by atoms with Gasteiger partial charge in [0, 0.05) is 26.3 Å². The molecule has 1 aliphatic carbocycles. The van der Waals surface area contributed by atoms with E-state index in [1.165, 1.54) is 19.1 Å². The molecule has 0 bridgehead atoms. The minimum Gasteiger partial charge on any atom is -0.377 e. The third-order valence-electron chi connectivity index (χ3n) is 3.53. The molecular formula is C15H21FN2O3. The fourth-order valence-corrected chi connectivity index (χ4v) is 2.53. The molecule has 5 nitrogen and oxygen atoms in total. The Morgan fingerprint density at radius 2 is 2.24 bits per heavy atom. The van der Waals surface area contributed by atoms with E-state index in [9.17, 15) is 9.18 Å². The summed E-state index contributed by atoms with van der Waals surface area (Å²) in [7, 11) is 1.62. The highest BCUT2D eigenvalue weighted by molar-refractivity contribution is 5.89. The van der Waals surface area contributed by atoms with Crippen molar-refractivity contribution >= 4 is 17.3 Å². The van der Waals surface area contributed by atoms with E-state index < -0.39 is 0 Å². The van der Waals surface area contributed by atoms with Crippen LogP contribution in [-0.2, 0) is 14.3 Å². The van der Waals surface area contributed by atoms with Crippen LogP contribution in [0.4, 0.5) is 15.8 Å². The van der Waals surface area contributed by atoms with Crippen molar-refractivity contribution in [3.63, 3.8) is 0 Å². The molecule has 2 N–H and O–H groups in total. The summed E-state index contributed by atoms with van der Waals surface area (Å²) in [5, 5.41) is 5.75. The lowest BCUT2D eigenvalue weighted by Gasteiger charge is -2.43. The molecule has 3 unspecified atom stereocenters. The Balaban J connectivity index is 2.04. The monoisotopic (exact) mass is 296 g/mol. The maximum atomic E-state index is 13.9. The van der Waals surface area contributed by atoms with E-state index in [-0.39, 0.29) is 30.0 Å². The van der Waals surface area contributed by atoms with Crippen molar-refractivity contribution in [2.45, 2.75) is 38.5 Å². The first-order valence-corrected chi connectivity index (χ1v) is 7.03. The summed E-state index contributed by atoms with van der Waals surface area (Å²) in [6, 6.07) is 4.43. The summed E-state index contributed by atoms with van der Waals surface area (Å²) in [5.74, 6) is -0.554.